The molecule has 0 saturated carbocycles. The molecule has 3 rings (SSSR count). The molecule has 0 spiro atoms. The van der Waals surface area contributed by atoms with Crippen molar-refractivity contribution in [3.63, 3.8) is 0 Å². The summed E-state index contributed by atoms with van der Waals surface area (Å²) in [7, 11) is 0. The van der Waals surface area contributed by atoms with E-state index in [1.807, 2.05) is 24.8 Å². The summed E-state index contributed by atoms with van der Waals surface area (Å²) in [4.78, 5) is 38.7. The van der Waals surface area contributed by atoms with Crippen molar-refractivity contribution in [2.75, 3.05) is 26.2 Å². The van der Waals surface area contributed by atoms with Gasteiger partial charge < -0.3 is 11.5 Å². The van der Waals surface area contributed by atoms with E-state index < -0.39 is 12.1 Å². The van der Waals surface area contributed by atoms with E-state index in [0.717, 1.165) is 77.8 Å². The average molecular weight is 575 g/mol. The van der Waals surface area contributed by atoms with Crippen molar-refractivity contribution < 1.29 is 9.59 Å². The average Bonchev–Trinajstić information content (AvgIpc) is 3.01. The van der Waals surface area contributed by atoms with E-state index in [1.165, 1.54) is 23.3 Å². The van der Waals surface area contributed by atoms with Crippen molar-refractivity contribution in [2.45, 2.75) is 90.4 Å². The van der Waals surface area contributed by atoms with Gasteiger partial charge in [-0.3, -0.25) is 29.4 Å². The maximum absolute atomic E-state index is 12.9. The number of pyridine rings is 2. The van der Waals surface area contributed by atoms with Gasteiger partial charge in [-0.2, -0.15) is 0 Å². The highest BCUT2D eigenvalue weighted by atomic mass is 16.1. The van der Waals surface area contributed by atoms with Crippen molar-refractivity contribution >= 4 is 11.6 Å². The topological polar surface area (TPSA) is 118 Å². The summed E-state index contributed by atoms with van der Waals surface area (Å²) in [6.45, 7) is 10.2. The number of rotatable bonds is 20. The lowest BCUT2D eigenvalue weighted by molar-refractivity contribution is -0.115. The number of carbonyl (C=O) groups is 2. The lowest BCUT2D eigenvalue weighted by Gasteiger charge is -2.22. The Kier molecular flexibility index (Phi) is 14.7. The molecule has 1 aliphatic carbocycles. The first-order valence-electron chi connectivity index (χ1n) is 15.7. The second-order valence-electron chi connectivity index (χ2n) is 11.3. The van der Waals surface area contributed by atoms with Gasteiger partial charge in [-0.1, -0.05) is 39.5 Å². The molecule has 0 fully saturated rings. The molecular formula is C34H50N6O2. The molecule has 0 amide bonds. The van der Waals surface area contributed by atoms with Crippen LogP contribution in [0.25, 0.3) is 0 Å². The van der Waals surface area contributed by atoms with Crippen LogP contribution in [0.15, 0.2) is 72.4 Å². The van der Waals surface area contributed by atoms with Gasteiger partial charge in [0.15, 0.2) is 11.6 Å². The normalized spacial score (nSPS) is 15.2. The number of hydrogen-bond acceptors (Lipinski definition) is 8. The molecule has 8 nitrogen and oxygen atoms in total. The van der Waals surface area contributed by atoms with Crippen LogP contribution in [0.3, 0.4) is 0 Å². The Morgan fingerprint density at radius 1 is 0.619 bits per heavy atom. The summed E-state index contributed by atoms with van der Waals surface area (Å²) in [5.74, 6) is -0.339. The fourth-order valence-corrected chi connectivity index (χ4v) is 5.43. The third-order valence-corrected chi connectivity index (χ3v) is 8.13. The van der Waals surface area contributed by atoms with Crippen molar-refractivity contribution in [1.29, 1.82) is 0 Å². The molecule has 2 atom stereocenters. The molecule has 2 heterocycles. The van der Waals surface area contributed by atoms with E-state index in [2.05, 4.69) is 57.9 Å². The zero-order chi connectivity index (χ0) is 30.2. The fraction of sp³-hybridized carbons (Fsp3) is 0.529. The molecule has 0 bridgehead atoms. The van der Waals surface area contributed by atoms with Crippen LogP contribution in [-0.2, 0) is 22.7 Å². The summed E-state index contributed by atoms with van der Waals surface area (Å²) < 4.78 is 0. The molecule has 228 valence electrons. The summed E-state index contributed by atoms with van der Waals surface area (Å²) >= 11 is 0. The minimum atomic E-state index is -0.428. The smallest absolute Gasteiger partial charge is 0.184 e. The molecule has 4 N–H and O–H groups in total. The third kappa shape index (κ3) is 11.3. The zero-order valence-electron chi connectivity index (χ0n) is 25.6. The molecule has 0 aliphatic heterocycles. The minimum absolute atomic E-state index is 0.170. The van der Waals surface area contributed by atoms with Crippen LogP contribution in [0.5, 0.6) is 0 Å². The predicted octanol–water partition coefficient (Wildman–Crippen LogP) is 4.60. The SMILES string of the molecule is CCN(CCCCCC(N)C1=CC(=O)C(C(N)CCCCCN(CC)Cc2ccncc2)=CC1=O)Cc1ccncc1. The second kappa shape index (κ2) is 18.5. The van der Waals surface area contributed by atoms with Crippen molar-refractivity contribution in [3.8, 4) is 0 Å². The molecule has 2 aromatic rings. The van der Waals surface area contributed by atoms with Crippen LogP contribution < -0.4 is 11.5 Å². The largest absolute Gasteiger partial charge is 0.324 e. The summed E-state index contributed by atoms with van der Waals surface area (Å²) in [6, 6.07) is 7.36. The first-order chi connectivity index (χ1) is 20.4. The Balaban J connectivity index is 1.33. The molecule has 2 unspecified atom stereocenters. The zero-order valence-corrected chi connectivity index (χ0v) is 25.6. The van der Waals surface area contributed by atoms with E-state index in [1.54, 1.807) is 0 Å². The van der Waals surface area contributed by atoms with Crippen molar-refractivity contribution in [2.24, 2.45) is 11.5 Å². The number of hydrogen-bond donors (Lipinski definition) is 2. The Bertz CT molecular complexity index is 1060. The van der Waals surface area contributed by atoms with E-state index in [9.17, 15) is 9.59 Å². The molecule has 42 heavy (non-hydrogen) atoms. The fourth-order valence-electron chi connectivity index (χ4n) is 5.43. The molecule has 0 radical (unpaired) electrons. The van der Waals surface area contributed by atoms with Crippen LogP contribution in [0, 0.1) is 0 Å². The Morgan fingerprint density at radius 3 is 1.36 bits per heavy atom. The van der Waals surface area contributed by atoms with Gasteiger partial charge in [-0.15, -0.1) is 0 Å². The first-order valence-corrected chi connectivity index (χ1v) is 15.7. The maximum Gasteiger partial charge on any atom is 0.184 e. The summed E-state index contributed by atoms with van der Waals surface area (Å²) in [6.07, 6.45) is 17.6. The van der Waals surface area contributed by atoms with E-state index in [4.69, 9.17) is 11.5 Å². The van der Waals surface area contributed by atoms with Crippen molar-refractivity contribution in [1.82, 2.24) is 19.8 Å². The number of nitrogens with zero attached hydrogens (tertiary/aromatic N) is 4. The van der Waals surface area contributed by atoms with Crippen LogP contribution in [0.2, 0.25) is 0 Å². The van der Waals surface area contributed by atoms with Crippen LogP contribution in [-0.4, -0.2) is 69.6 Å². The Morgan fingerprint density at radius 2 is 1.00 bits per heavy atom. The Labute approximate surface area is 252 Å². The Hall–Kier alpha value is -3.04. The lowest BCUT2D eigenvalue weighted by Crippen LogP contribution is -2.34. The highest BCUT2D eigenvalue weighted by Gasteiger charge is 2.27. The van der Waals surface area contributed by atoms with Gasteiger partial charge in [0.2, 0.25) is 0 Å². The molecule has 1 aliphatic rings. The number of carbonyl (C=O) groups excluding carboxylic acids is 2. The van der Waals surface area contributed by atoms with Gasteiger partial charge in [0.25, 0.3) is 0 Å². The van der Waals surface area contributed by atoms with E-state index in [0.29, 0.717) is 24.0 Å². The molecule has 2 aromatic heterocycles. The number of ketones is 2. The van der Waals surface area contributed by atoms with Gasteiger partial charge in [-0.25, -0.2) is 0 Å². The highest BCUT2D eigenvalue weighted by molar-refractivity contribution is 6.20. The quantitative estimate of drug-likeness (QED) is 0.174. The lowest BCUT2D eigenvalue weighted by atomic mass is 9.86. The standard InChI is InChI=1S/C34H50N6O2/c1-3-39(25-27-13-17-37-18-14-27)21-9-5-7-11-31(35)29-23-34(42)30(24-33(29)41)32(36)12-8-6-10-22-40(4-2)26-28-15-19-38-20-16-28/h13-20,23-24,31-32H,3-12,21-22,25-26,35-36H2,1-2H3. The van der Waals surface area contributed by atoms with Gasteiger partial charge in [0.05, 0.1) is 0 Å². The highest BCUT2D eigenvalue weighted by Crippen LogP contribution is 2.21. The monoisotopic (exact) mass is 574 g/mol. The van der Waals surface area contributed by atoms with Gasteiger partial charge in [-0.05, 0) is 99.4 Å². The second-order valence-corrected chi connectivity index (χ2v) is 11.3. The van der Waals surface area contributed by atoms with Crippen LogP contribution in [0.1, 0.15) is 76.3 Å². The third-order valence-electron chi connectivity index (χ3n) is 8.13. The van der Waals surface area contributed by atoms with Gasteiger partial charge >= 0.3 is 0 Å². The first kappa shape index (κ1) is 33.5. The number of nitrogens with two attached hydrogens (primary N) is 2. The van der Waals surface area contributed by atoms with E-state index in [-0.39, 0.29) is 11.6 Å². The predicted molar refractivity (Wildman–Crippen MR) is 169 cm³/mol. The van der Waals surface area contributed by atoms with Gasteiger partial charge in [0, 0.05) is 61.1 Å². The number of aromatic nitrogens is 2. The summed E-state index contributed by atoms with van der Waals surface area (Å²) in [5, 5.41) is 0. The molecule has 0 saturated heterocycles. The minimum Gasteiger partial charge on any atom is -0.324 e. The molecule has 8 heteroatoms. The van der Waals surface area contributed by atoms with Crippen molar-refractivity contribution in [3.05, 3.63) is 83.5 Å². The van der Waals surface area contributed by atoms with Crippen LogP contribution >= 0.6 is 0 Å². The molecular weight excluding hydrogens is 524 g/mol. The number of allylic oxidation sites excluding steroid dienone is 2. The number of unbranched alkanes of at least 4 members (excludes halogenated alkanes) is 4. The van der Waals surface area contributed by atoms with Crippen LogP contribution in [0.4, 0.5) is 0 Å². The maximum atomic E-state index is 12.9. The molecule has 0 aromatic carbocycles. The van der Waals surface area contributed by atoms with Gasteiger partial charge in [0.1, 0.15) is 0 Å². The van der Waals surface area contributed by atoms with E-state index >= 15 is 0 Å². The summed E-state index contributed by atoms with van der Waals surface area (Å²) in [5.41, 5.74) is 16.1.